The van der Waals surface area contributed by atoms with E-state index in [1.165, 1.54) is 0 Å². The summed E-state index contributed by atoms with van der Waals surface area (Å²) in [6.07, 6.45) is 0.782. The van der Waals surface area contributed by atoms with Crippen LogP contribution in [0.1, 0.15) is 25.8 Å². The molecule has 0 fully saturated rings. The molecule has 0 saturated carbocycles. The van der Waals surface area contributed by atoms with Gasteiger partial charge in [-0.3, -0.25) is 0 Å². The summed E-state index contributed by atoms with van der Waals surface area (Å²) >= 11 is 0. The van der Waals surface area contributed by atoms with E-state index in [-0.39, 0.29) is 6.61 Å². The van der Waals surface area contributed by atoms with Crippen LogP contribution >= 0.6 is 0 Å². The molecule has 3 heteroatoms. The molecule has 90 valence electrons. The summed E-state index contributed by atoms with van der Waals surface area (Å²) in [7, 11) is 0. The number of nitrogens with two attached hydrogens (primary N) is 1. The fourth-order valence-electron chi connectivity index (χ4n) is 1.75. The van der Waals surface area contributed by atoms with E-state index in [9.17, 15) is 0 Å². The third-order valence-corrected chi connectivity index (χ3v) is 2.85. The Balaban J connectivity index is 2.52. The molecule has 0 heterocycles. The summed E-state index contributed by atoms with van der Waals surface area (Å²) in [5, 5.41) is 12.4. The first-order valence-corrected chi connectivity index (χ1v) is 5.82. The average Bonchev–Trinajstić information content (AvgIpc) is 2.26. The van der Waals surface area contributed by atoms with E-state index < -0.39 is 0 Å². The fourth-order valence-corrected chi connectivity index (χ4v) is 1.75. The number of hydrogen-bond donors (Lipinski definition) is 3. The normalized spacial score (nSPS) is 13.0. The summed E-state index contributed by atoms with van der Waals surface area (Å²) < 4.78 is 0. The molecule has 0 aromatic heterocycles. The van der Waals surface area contributed by atoms with Crippen LogP contribution in [0.3, 0.4) is 0 Å². The zero-order valence-corrected chi connectivity index (χ0v) is 10.1. The lowest BCUT2D eigenvalue weighted by Crippen LogP contribution is -2.34. The Morgan fingerprint density at radius 1 is 1.31 bits per heavy atom. The van der Waals surface area contributed by atoms with Crippen LogP contribution in [-0.4, -0.2) is 17.8 Å². The van der Waals surface area contributed by atoms with Crippen LogP contribution in [-0.2, 0) is 6.54 Å². The Hall–Kier alpha value is -1.06. The minimum absolute atomic E-state index is 0.222. The van der Waals surface area contributed by atoms with E-state index in [0.717, 1.165) is 24.2 Å². The highest BCUT2D eigenvalue weighted by Crippen LogP contribution is 2.12. The second-order valence-corrected chi connectivity index (χ2v) is 4.44. The number of anilines is 1. The molecule has 0 spiro atoms. The Morgan fingerprint density at radius 3 is 2.56 bits per heavy atom. The number of rotatable bonds is 6. The van der Waals surface area contributed by atoms with E-state index in [0.29, 0.717) is 12.0 Å². The van der Waals surface area contributed by atoms with Gasteiger partial charge in [-0.05, 0) is 24.0 Å². The van der Waals surface area contributed by atoms with Gasteiger partial charge >= 0.3 is 0 Å². The van der Waals surface area contributed by atoms with Gasteiger partial charge in [0.1, 0.15) is 0 Å². The highest BCUT2D eigenvalue weighted by molar-refractivity contribution is 5.46. The van der Waals surface area contributed by atoms with Crippen LogP contribution in [0.2, 0.25) is 0 Å². The molecule has 0 aliphatic carbocycles. The highest BCUT2D eigenvalue weighted by atomic mass is 16.3. The van der Waals surface area contributed by atoms with Gasteiger partial charge in [0.2, 0.25) is 0 Å². The van der Waals surface area contributed by atoms with Crippen LogP contribution < -0.4 is 11.1 Å². The molecular formula is C13H22N2O. The minimum Gasteiger partial charge on any atom is -0.398 e. The van der Waals surface area contributed by atoms with Gasteiger partial charge < -0.3 is 16.2 Å². The molecule has 0 radical (unpaired) electrons. The first kappa shape index (κ1) is 13.0. The molecule has 0 amide bonds. The van der Waals surface area contributed by atoms with Crippen LogP contribution in [0.4, 0.5) is 5.69 Å². The van der Waals surface area contributed by atoms with Gasteiger partial charge in [0.15, 0.2) is 0 Å². The molecule has 0 aliphatic rings. The molecule has 1 unspecified atom stereocenters. The summed E-state index contributed by atoms with van der Waals surface area (Å²) in [5.41, 5.74) is 7.81. The van der Waals surface area contributed by atoms with Crippen molar-refractivity contribution in [3.05, 3.63) is 29.8 Å². The van der Waals surface area contributed by atoms with Gasteiger partial charge in [0, 0.05) is 24.9 Å². The summed E-state index contributed by atoms with van der Waals surface area (Å²) in [5.74, 6) is 0.511. The predicted molar refractivity (Wildman–Crippen MR) is 68.0 cm³/mol. The van der Waals surface area contributed by atoms with Crippen molar-refractivity contribution >= 4 is 5.69 Å². The number of nitrogens with one attached hydrogen (secondary N) is 1. The van der Waals surface area contributed by atoms with Gasteiger partial charge in [-0.15, -0.1) is 0 Å². The topological polar surface area (TPSA) is 58.3 Å². The number of aliphatic hydroxyl groups excluding tert-OH is 1. The number of aliphatic hydroxyl groups is 1. The van der Waals surface area contributed by atoms with Gasteiger partial charge in [-0.25, -0.2) is 0 Å². The molecule has 0 bridgehead atoms. The first-order valence-electron chi connectivity index (χ1n) is 5.82. The van der Waals surface area contributed by atoms with Crippen molar-refractivity contribution in [1.29, 1.82) is 0 Å². The van der Waals surface area contributed by atoms with Gasteiger partial charge in [0.25, 0.3) is 0 Å². The van der Waals surface area contributed by atoms with E-state index in [1.807, 2.05) is 24.3 Å². The maximum Gasteiger partial charge on any atom is 0.0445 e. The van der Waals surface area contributed by atoms with E-state index in [2.05, 4.69) is 19.2 Å². The monoisotopic (exact) mass is 222 g/mol. The van der Waals surface area contributed by atoms with E-state index >= 15 is 0 Å². The van der Waals surface area contributed by atoms with Crippen molar-refractivity contribution in [2.45, 2.75) is 32.9 Å². The summed E-state index contributed by atoms with van der Waals surface area (Å²) in [4.78, 5) is 0. The van der Waals surface area contributed by atoms with Crippen molar-refractivity contribution in [3.63, 3.8) is 0 Å². The van der Waals surface area contributed by atoms with E-state index in [4.69, 9.17) is 10.8 Å². The van der Waals surface area contributed by atoms with Crippen molar-refractivity contribution in [2.24, 2.45) is 5.92 Å². The van der Waals surface area contributed by atoms with Crippen molar-refractivity contribution in [2.75, 3.05) is 12.3 Å². The van der Waals surface area contributed by atoms with Gasteiger partial charge in [-0.2, -0.15) is 0 Å². The molecule has 3 nitrogen and oxygen atoms in total. The van der Waals surface area contributed by atoms with Crippen molar-refractivity contribution in [3.8, 4) is 0 Å². The Morgan fingerprint density at radius 2 is 2.00 bits per heavy atom. The molecule has 0 saturated heterocycles. The van der Waals surface area contributed by atoms with E-state index in [1.54, 1.807) is 0 Å². The lowest BCUT2D eigenvalue weighted by molar-refractivity contribution is 0.244. The largest absolute Gasteiger partial charge is 0.398 e. The Labute approximate surface area is 97.7 Å². The number of para-hydroxylation sites is 1. The standard InChI is InChI=1S/C13H22N2O/c1-10(2)13(7-8-16)15-9-11-5-3-4-6-12(11)14/h3-6,10,13,15-16H,7-9,14H2,1-2H3. The average molecular weight is 222 g/mol. The lowest BCUT2D eigenvalue weighted by atomic mass is 10.0. The summed E-state index contributed by atoms with van der Waals surface area (Å²) in [6, 6.07) is 8.20. The fraction of sp³-hybridized carbons (Fsp3) is 0.538. The third kappa shape index (κ3) is 3.83. The number of benzene rings is 1. The maximum absolute atomic E-state index is 8.97. The van der Waals surface area contributed by atoms with Gasteiger partial charge in [0.05, 0.1) is 0 Å². The minimum atomic E-state index is 0.222. The zero-order chi connectivity index (χ0) is 12.0. The van der Waals surface area contributed by atoms with Gasteiger partial charge in [-0.1, -0.05) is 32.0 Å². The van der Waals surface area contributed by atoms with Crippen LogP contribution in [0.25, 0.3) is 0 Å². The molecule has 16 heavy (non-hydrogen) atoms. The molecule has 1 aromatic carbocycles. The predicted octanol–water partition coefficient (Wildman–Crippen LogP) is 1.77. The van der Waals surface area contributed by atoms with Crippen molar-refractivity contribution in [1.82, 2.24) is 5.32 Å². The Kier molecular flexibility index (Phi) is 5.29. The second-order valence-electron chi connectivity index (χ2n) is 4.44. The molecule has 0 aliphatic heterocycles. The quantitative estimate of drug-likeness (QED) is 0.643. The van der Waals surface area contributed by atoms with Crippen LogP contribution in [0, 0.1) is 5.92 Å². The smallest absolute Gasteiger partial charge is 0.0445 e. The maximum atomic E-state index is 8.97. The number of hydrogen-bond acceptors (Lipinski definition) is 3. The van der Waals surface area contributed by atoms with Crippen LogP contribution in [0.15, 0.2) is 24.3 Å². The summed E-state index contributed by atoms with van der Waals surface area (Å²) in [6.45, 7) is 5.29. The lowest BCUT2D eigenvalue weighted by Gasteiger charge is -2.22. The zero-order valence-electron chi connectivity index (χ0n) is 10.1. The van der Waals surface area contributed by atoms with Crippen molar-refractivity contribution < 1.29 is 5.11 Å². The molecular weight excluding hydrogens is 200 g/mol. The molecule has 1 aromatic rings. The SMILES string of the molecule is CC(C)C(CCO)NCc1ccccc1N. The Bertz CT molecular complexity index is 313. The molecule has 1 rings (SSSR count). The number of nitrogen functional groups attached to an aromatic ring is 1. The third-order valence-electron chi connectivity index (χ3n) is 2.85. The highest BCUT2D eigenvalue weighted by Gasteiger charge is 2.12. The molecule has 1 atom stereocenters. The molecule has 4 N–H and O–H groups in total. The second kappa shape index (κ2) is 6.51. The first-order chi connectivity index (χ1) is 7.65. The van der Waals surface area contributed by atoms with Crippen LogP contribution in [0.5, 0.6) is 0 Å².